The topological polar surface area (TPSA) is 59.1 Å². The van der Waals surface area contributed by atoms with Crippen LogP contribution in [-0.4, -0.2) is 13.4 Å². The van der Waals surface area contributed by atoms with E-state index in [-0.39, 0.29) is 18.4 Å². The second-order valence-electron chi connectivity index (χ2n) is 7.64. The predicted octanol–water partition coefficient (Wildman–Crippen LogP) is 4.93. The van der Waals surface area contributed by atoms with Crippen molar-refractivity contribution in [2.45, 2.75) is 70.7 Å². The van der Waals surface area contributed by atoms with Crippen LogP contribution in [0.25, 0.3) is 0 Å². The highest BCUT2D eigenvalue weighted by atomic mass is 32.2. The zero-order valence-corrected chi connectivity index (χ0v) is 17.4. The van der Waals surface area contributed by atoms with Crippen molar-refractivity contribution in [1.82, 2.24) is 9.71 Å². The van der Waals surface area contributed by atoms with E-state index in [1.807, 2.05) is 45.9 Å². The quantitative estimate of drug-likeness (QED) is 0.747. The van der Waals surface area contributed by atoms with Crippen molar-refractivity contribution in [2.75, 3.05) is 0 Å². The van der Waals surface area contributed by atoms with E-state index in [1.165, 1.54) is 5.56 Å². The summed E-state index contributed by atoms with van der Waals surface area (Å²) >= 11 is 0. The van der Waals surface area contributed by atoms with Gasteiger partial charge in [0.05, 0.1) is 17.1 Å². The van der Waals surface area contributed by atoms with Gasteiger partial charge in [-0.05, 0) is 46.6 Å². The number of pyridine rings is 1. The van der Waals surface area contributed by atoms with Gasteiger partial charge in [0.25, 0.3) is 0 Å². The van der Waals surface area contributed by atoms with Crippen LogP contribution in [0.3, 0.4) is 0 Å². The van der Waals surface area contributed by atoms with Crippen LogP contribution < -0.4 is 4.72 Å². The lowest BCUT2D eigenvalue weighted by atomic mass is 9.89. The maximum Gasteiger partial charge on any atom is 0.241 e. The maximum atomic E-state index is 13.2. The summed E-state index contributed by atoms with van der Waals surface area (Å²) in [5.74, 6) is 0.587. The lowest BCUT2D eigenvalue weighted by molar-refractivity contribution is 0.575. The first-order chi connectivity index (χ1) is 12.1. The van der Waals surface area contributed by atoms with Crippen LogP contribution in [0.15, 0.2) is 41.4 Å². The number of nitrogens with one attached hydrogen (secondary N) is 1. The fourth-order valence-electron chi connectivity index (χ4n) is 2.94. The molecule has 0 saturated heterocycles. The summed E-state index contributed by atoms with van der Waals surface area (Å²) in [6, 6.07) is 9.59. The highest BCUT2D eigenvalue weighted by molar-refractivity contribution is 7.89. The molecule has 0 spiro atoms. The van der Waals surface area contributed by atoms with Crippen molar-refractivity contribution < 1.29 is 8.42 Å². The second kappa shape index (κ2) is 8.31. The van der Waals surface area contributed by atoms with Gasteiger partial charge in [0.1, 0.15) is 0 Å². The Morgan fingerprint density at radius 1 is 0.923 bits per heavy atom. The number of sulfonamides is 1. The molecule has 0 amide bonds. The number of hydrogen-bond acceptors (Lipinski definition) is 3. The number of hydrogen-bond donors (Lipinski definition) is 1. The van der Waals surface area contributed by atoms with Gasteiger partial charge in [-0.2, -0.15) is 0 Å². The molecule has 1 aromatic carbocycles. The molecule has 0 aliphatic rings. The first kappa shape index (κ1) is 20.6. The van der Waals surface area contributed by atoms with E-state index in [9.17, 15) is 8.42 Å². The van der Waals surface area contributed by atoms with Crippen LogP contribution >= 0.6 is 0 Å². The summed E-state index contributed by atoms with van der Waals surface area (Å²) in [4.78, 5) is 4.63. The highest BCUT2D eigenvalue weighted by Gasteiger charge is 2.26. The van der Waals surface area contributed by atoms with E-state index in [2.05, 4.69) is 35.7 Å². The molecule has 0 bridgehead atoms. The van der Waals surface area contributed by atoms with Gasteiger partial charge in [-0.3, -0.25) is 4.98 Å². The molecule has 26 heavy (non-hydrogen) atoms. The van der Waals surface area contributed by atoms with Gasteiger partial charge in [0.2, 0.25) is 10.0 Å². The van der Waals surface area contributed by atoms with Crippen molar-refractivity contribution in [3.05, 3.63) is 58.9 Å². The maximum absolute atomic E-state index is 13.2. The van der Waals surface area contributed by atoms with E-state index in [4.69, 9.17) is 0 Å². The Morgan fingerprint density at radius 2 is 1.50 bits per heavy atom. The van der Waals surface area contributed by atoms with E-state index < -0.39 is 10.0 Å². The summed E-state index contributed by atoms with van der Waals surface area (Å²) in [6.07, 6.45) is 1.67. The number of benzene rings is 1. The van der Waals surface area contributed by atoms with Crippen molar-refractivity contribution >= 4 is 10.0 Å². The molecule has 0 aliphatic carbocycles. The van der Waals surface area contributed by atoms with Gasteiger partial charge >= 0.3 is 0 Å². The van der Waals surface area contributed by atoms with E-state index >= 15 is 0 Å². The summed E-state index contributed by atoms with van der Waals surface area (Å²) in [6.45, 7) is 12.6. The van der Waals surface area contributed by atoms with Crippen molar-refractivity contribution in [1.29, 1.82) is 0 Å². The molecule has 2 aromatic rings. The first-order valence-electron chi connectivity index (χ1n) is 9.20. The normalized spacial score (nSPS) is 12.3. The van der Waals surface area contributed by atoms with Crippen LogP contribution in [0, 0.1) is 0 Å². The van der Waals surface area contributed by atoms with Crippen molar-refractivity contribution in [3.8, 4) is 0 Å². The fraction of sp³-hybridized carbons (Fsp3) is 0.476. The molecule has 0 fully saturated rings. The molecule has 1 heterocycles. The molecule has 5 heteroatoms. The molecule has 142 valence electrons. The third kappa shape index (κ3) is 4.71. The van der Waals surface area contributed by atoms with Gasteiger partial charge in [-0.25, -0.2) is 13.1 Å². The van der Waals surface area contributed by atoms with Gasteiger partial charge < -0.3 is 0 Å². The lowest BCUT2D eigenvalue weighted by Gasteiger charge is -2.23. The monoisotopic (exact) mass is 374 g/mol. The number of nitrogens with zero attached hydrogens (tertiary/aromatic N) is 1. The average molecular weight is 375 g/mol. The predicted molar refractivity (Wildman–Crippen MR) is 107 cm³/mol. The zero-order valence-electron chi connectivity index (χ0n) is 16.6. The number of rotatable bonds is 7. The summed E-state index contributed by atoms with van der Waals surface area (Å²) in [7, 11) is -3.64. The molecule has 1 aromatic heterocycles. The molecule has 0 saturated carbocycles. The van der Waals surface area contributed by atoms with Crippen LogP contribution in [0.5, 0.6) is 0 Å². The minimum absolute atomic E-state index is 0.118. The fourth-order valence-corrected chi connectivity index (χ4v) is 4.64. The average Bonchev–Trinajstić information content (AvgIpc) is 2.59. The Labute approximate surface area is 158 Å². The molecule has 2 rings (SSSR count). The Kier molecular flexibility index (Phi) is 6.58. The zero-order chi connectivity index (χ0) is 19.5. The highest BCUT2D eigenvalue weighted by Crippen LogP contribution is 2.35. The van der Waals surface area contributed by atoms with Crippen LogP contribution in [-0.2, 0) is 16.6 Å². The smallest absolute Gasteiger partial charge is 0.241 e. The third-order valence-electron chi connectivity index (χ3n) is 4.52. The van der Waals surface area contributed by atoms with Gasteiger partial charge in [-0.15, -0.1) is 0 Å². The first-order valence-corrected chi connectivity index (χ1v) is 10.7. The van der Waals surface area contributed by atoms with E-state index in [0.717, 1.165) is 11.1 Å². The molecule has 4 nitrogen and oxygen atoms in total. The molecular formula is C21H30N2O2S. The Morgan fingerprint density at radius 3 is 1.92 bits per heavy atom. The van der Waals surface area contributed by atoms with Gasteiger partial charge in [0.15, 0.2) is 0 Å². The Bertz CT molecular complexity index is 813. The number of aromatic nitrogens is 1. The molecular weight excluding hydrogens is 344 g/mol. The van der Waals surface area contributed by atoms with Gasteiger partial charge in [-0.1, -0.05) is 59.7 Å². The SMILES string of the molecule is CC(C)c1cc(C(C)C)c(S(=O)(=O)NCc2ccccn2)c(C(C)C)c1. The molecule has 0 unspecified atom stereocenters. The van der Waals surface area contributed by atoms with Crippen LogP contribution in [0.2, 0.25) is 0 Å². The third-order valence-corrected chi connectivity index (χ3v) is 6.05. The summed E-state index contributed by atoms with van der Waals surface area (Å²) in [5.41, 5.74) is 3.65. The molecule has 1 N–H and O–H groups in total. The van der Waals surface area contributed by atoms with Crippen LogP contribution in [0.1, 0.15) is 81.7 Å². The van der Waals surface area contributed by atoms with E-state index in [1.54, 1.807) is 6.20 Å². The standard InChI is InChI=1S/C21H30N2O2S/c1-14(2)17-11-19(15(3)4)21(20(12-17)16(5)6)26(24,25)23-13-18-9-7-8-10-22-18/h7-12,14-16,23H,13H2,1-6H3. The molecule has 0 aliphatic heterocycles. The minimum atomic E-state index is -3.64. The largest absolute Gasteiger partial charge is 0.260 e. The van der Waals surface area contributed by atoms with Gasteiger partial charge in [0, 0.05) is 6.20 Å². The van der Waals surface area contributed by atoms with Crippen LogP contribution in [0.4, 0.5) is 0 Å². The molecule has 0 atom stereocenters. The Hall–Kier alpha value is -1.72. The van der Waals surface area contributed by atoms with Crippen molar-refractivity contribution in [2.24, 2.45) is 0 Å². The second-order valence-corrected chi connectivity index (χ2v) is 9.34. The summed E-state index contributed by atoms with van der Waals surface area (Å²) < 4.78 is 29.1. The Balaban J connectivity index is 2.54. The van der Waals surface area contributed by atoms with E-state index in [0.29, 0.717) is 16.5 Å². The molecule has 0 radical (unpaired) electrons. The minimum Gasteiger partial charge on any atom is -0.260 e. The summed E-state index contributed by atoms with van der Waals surface area (Å²) in [5, 5.41) is 0. The lowest BCUT2D eigenvalue weighted by Crippen LogP contribution is -2.26. The van der Waals surface area contributed by atoms with Crippen molar-refractivity contribution in [3.63, 3.8) is 0 Å².